The zero-order valence-corrected chi connectivity index (χ0v) is 19.5. The van der Waals surface area contributed by atoms with Gasteiger partial charge in [-0.25, -0.2) is 13.2 Å². The molecule has 0 aromatic heterocycles. The van der Waals surface area contributed by atoms with Gasteiger partial charge in [-0.1, -0.05) is 30.3 Å². The van der Waals surface area contributed by atoms with E-state index in [-0.39, 0.29) is 16.1 Å². The number of amides is 1. The number of ether oxygens (including phenoxy) is 3. The normalized spacial score (nSPS) is 12.5. The topological polar surface area (TPSA) is 120 Å². The SMILES string of the molecule is O=C(COC(=O)c1cccc(NS(=O)(=O)c2ccccc2)c1)NCCc1ccc2c(c1)OCCO2. The highest BCUT2D eigenvalue weighted by Gasteiger charge is 2.16. The van der Waals surface area contributed by atoms with Crippen molar-refractivity contribution in [1.29, 1.82) is 0 Å². The van der Waals surface area contributed by atoms with Crippen LogP contribution in [0.3, 0.4) is 0 Å². The first-order valence-corrected chi connectivity index (χ1v) is 12.4. The first kappa shape index (κ1) is 24.1. The minimum atomic E-state index is -3.80. The fourth-order valence-electron chi connectivity index (χ4n) is 3.38. The van der Waals surface area contributed by atoms with Crippen LogP contribution in [0.4, 0.5) is 5.69 Å². The third-order valence-electron chi connectivity index (χ3n) is 5.08. The summed E-state index contributed by atoms with van der Waals surface area (Å²) in [4.78, 5) is 24.6. The Labute approximate surface area is 203 Å². The molecule has 3 aromatic rings. The fraction of sp³-hybridized carbons (Fsp3) is 0.200. The third-order valence-corrected chi connectivity index (χ3v) is 6.48. The summed E-state index contributed by atoms with van der Waals surface area (Å²) in [6.07, 6.45) is 0.569. The van der Waals surface area contributed by atoms with Crippen molar-refractivity contribution in [1.82, 2.24) is 5.32 Å². The number of nitrogens with one attached hydrogen (secondary N) is 2. The molecule has 0 aliphatic carbocycles. The Hall–Kier alpha value is -4.05. The second-order valence-electron chi connectivity index (χ2n) is 7.65. The number of rotatable bonds is 9. The van der Waals surface area contributed by atoms with Crippen molar-refractivity contribution in [3.05, 3.63) is 83.9 Å². The molecule has 2 N–H and O–H groups in total. The number of anilines is 1. The summed E-state index contributed by atoms with van der Waals surface area (Å²) in [5.41, 5.74) is 1.29. The second-order valence-corrected chi connectivity index (χ2v) is 9.34. The van der Waals surface area contributed by atoms with E-state index in [9.17, 15) is 18.0 Å². The van der Waals surface area contributed by atoms with Gasteiger partial charge in [0.2, 0.25) is 0 Å². The largest absolute Gasteiger partial charge is 0.486 e. The Morgan fingerprint density at radius 3 is 2.46 bits per heavy atom. The van der Waals surface area contributed by atoms with E-state index in [2.05, 4.69) is 10.0 Å². The van der Waals surface area contributed by atoms with Crippen LogP contribution in [0.1, 0.15) is 15.9 Å². The predicted octanol–water partition coefficient (Wildman–Crippen LogP) is 2.77. The van der Waals surface area contributed by atoms with Gasteiger partial charge in [0.25, 0.3) is 15.9 Å². The van der Waals surface area contributed by atoms with Crippen LogP contribution in [-0.4, -0.2) is 46.7 Å². The number of esters is 1. The van der Waals surface area contributed by atoms with Crippen LogP contribution >= 0.6 is 0 Å². The van der Waals surface area contributed by atoms with Crippen LogP contribution < -0.4 is 19.5 Å². The molecule has 0 radical (unpaired) electrons. The lowest BCUT2D eigenvalue weighted by molar-refractivity contribution is -0.124. The maximum absolute atomic E-state index is 12.5. The summed E-state index contributed by atoms with van der Waals surface area (Å²) < 4.78 is 43.5. The fourth-order valence-corrected chi connectivity index (χ4v) is 4.45. The number of carbonyl (C=O) groups is 2. The van der Waals surface area contributed by atoms with E-state index in [1.807, 2.05) is 18.2 Å². The van der Waals surface area contributed by atoms with Crippen LogP contribution in [0, 0.1) is 0 Å². The zero-order chi connectivity index (χ0) is 24.7. The molecular weight excluding hydrogens is 472 g/mol. The van der Waals surface area contributed by atoms with E-state index < -0.39 is 28.5 Å². The summed E-state index contributed by atoms with van der Waals surface area (Å²) in [7, 11) is -3.80. The molecule has 4 rings (SSSR count). The van der Waals surface area contributed by atoms with Gasteiger partial charge in [0.05, 0.1) is 10.5 Å². The Morgan fingerprint density at radius 1 is 0.886 bits per heavy atom. The molecule has 0 saturated heterocycles. The van der Waals surface area contributed by atoms with Gasteiger partial charge in [0.1, 0.15) is 13.2 Å². The van der Waals surface area contributed by atoms with E-state index >= 15 is 0 Å². The smallest absolute Gasteiger partial charge is 0.338 e. The molecule has 0 spiro atoms. The van der Waals surface area contributed by atoms with Gasteiger partial charge >= 0.3 is 5.97 Å². The van der Waals surface area contributed by atoms with E-state index in [0.717, 1.165) is 5.56 Å². The van der Waals surface area contributed by atoms with Crippen LogP contribution in [0.2, 0.25) is 0 Å². The molecule has 1 heterocycles. The van der Waals surface area contributed by atoms with E-state index in [1.165, 1.54) is 36.4 Å². The summed E-state index contributed by atoms with van der Waals surface area (Å²) in [6, 6.07) is 19.3. The van der Waals surface area contributed by atoms with Gasteiger partial charge < -0.3 is 19.5 Å². The molecule has 0 atom stereocenters. The second kappa shape index (κ2) is 10.9. The number of sulfonamides is 1. The van der Waals surface area contributed by atoms with E-state index in [1.54, 1.807) is 18.2 Å². The average Bonchev–Trinajstić information content (AvgIpc) is 2.87. The van der Waals surface area contributed by atoms with Crippen LogP contribution in [0.15, 0.2) is 77.7 Å². The zero-order valence-electron chi connectivity index (χ0n) is 18.7. The van der Waals surface area contributed by atoms with Gasteiger partial charge in [-0.2, -0.15) is 0 Å². The molecule has 3 aromatic carbocycles. The van der Waals surface area contributed by atoms with Gasteiger partial charge in [-0.05, 0) is 54.4 Å². The van der Waals surface area contributed by atoms with Crippen molar-refractivity contribution in [2.45, 2.75) is 11.3 Å². The van der Waals surface area contributed by atoms with Crippen LogP contribution in [0.25, 0.3) is 0 Å². The minimum absolute atomic E-state index is 0.0981. The maximum atomic E-state index is 12.5. The number of carbonyl (C=O) groups excluding carboxylic acids is 2. The highest BCUT2D eigenvalue weighted by Crippen LogP contribution is 2.30. The maximum Gasteiger partial charge on any atom is 0.338 e. The monoisotopic (exact) mass is 496 g/mol. The van der Waals surface area contributed by atoms with Crippen molar-refractivity contribution in [3.8, 4) is 11.5 Å². The first-order valence-electron chi connectivity index (χ1n) is 10.9. The standard InChI is InChI=1S/C25H24N2O7S/c28-24(26-12-11-18-9-10-22-23(15-18)33-14-13-32-22)17-34-25(29)19-5-4-6-20(16-19)27-35(30,31)21-7-2-1-3-8-21/h1-10,15-16,27H,11-14,17H2,(H,26,28). The molecular formula is C25H24N2O7S. The Morgan fingerprint density at radius 2 is 1.66 bits per heavy atom. The molecule has 10 heteroatoms. The lowest BCUT2D eigenvalue weighted by atomic mass is 10.1. The van der Waals surface area contributed by atoms with Crippen molar-refractivity contribution >= 4 is 27.6 Å². The highest BCUT2D eigenvalue weighted by molar-refractivity contribution is 7.92. The summed E-state index contributed by atoms with van der Waals surface area (Å²) in [5.74, 6) is 0.194. The lowest BCUT2D eigenvalue weighted by Crippen LogP contribution is -2.30. The Balaban J connectivity index is 1.25. The van der Waals surface area contributed by atoms with Gasteiger partial charge in [0, 0.05) is 12.2 Å². The van der Waals surface area contributed by atoms with Gasteiger partial charge in [-0.3, -0.25) is 9.52 Å². The quantitative estimate of drug-likeness (QED) is 0.437. The van der Waals surface area contributed by atoms with Crippen molar-refractivity contribution in [2.24, 2.45) is 0 Å². The van der Waals surface area contributed by atoms with E-state index in [0.29, 0.717) is 37.7 Å². The molecule has 0 saturated carbocycles. The van der Waals surface area contributed by atoms with Crippen molar-refractivity contribution < 1.29 is 32.2 Å². The molecule has 0 bridgehead atoms. The molecule has 35 heavy (non-hydrogen) atoms. The third kappa shape index (κ3) is 6.51. The van der Waals surface area contributed by atoms with Crippen molar-refractivity contribution in [3.63, 3.8) is 0 Å². The molecule has 1 aliphatic heterocycles. The molecule has 0 unspecified atom stereocenters. The number of hydrogen-bond acceptors (Lipinski definition) is 7. The molecule has 0 fully saturated rings. The molecule has 9 nitrogen and oxygen atoms in total. The lowest BCUT2D eigenvalue weighted by Gasteiger charge is -2.18. The predicted molar refractivity (Wildman–Crippen MR) is 128 cm³/mol. The number of fused-ring (bicyclic) bond motifs is 1. The summed E-state index contributed by atoms with van der Waals surface area (Å²) >= 11 is 0. The Kier molecular flexibility index (Phi) is 7.51. The summed E-state index contributed by atoms with van der Waals surface area (Å²) in [5, 5.41) is 2.70. The van der Waals surface area contributed by atoms with Crippen molar-refractivity contribution in [2.75, 3.05) is 31.1 Å². The minimum Gasteiger partial charge on any atom is -0.486 e. The molecule has 1 amide bonds. The average molecular weight is 497 g/mol. The summed E-state index contributed by atoms with van der Waals surface area (Å²) in [6.45, 7) is 0.918. The molecule has 1 aliphatic rings. The highest BCUT2D eigenvalue weighted by atomic mass is 32.2. The van der Waals surface area contributed by atoms with Crippen LogP contribution in [0.5, 0.6) is 11.5 Å². The Bertz CT molecular complexity index is 1310. The van der Waals surface area contributed by atoms with E-state index in [4.69, 9.17) is 14.2 Å². The number of hydrogen-bond donors (Lipinski definition) is 2. The first-order chi connectivity index (χ1) is 16.9. The van der Waals surface area contributed by atoms with Crippen LogP contribution in [-0.2, 0) is 26.0 Å². The van der Waals surface area contributed by atoms with Gasteiger partial charge in [0.15, 0.2) is 18.1 Å². The number of benzene rings is 3. The molecule has 182 valence electrons. The van der Waals surface area contributed by atoms with Gasteiger partial charge in [-0.15, -0.1) is 0 Å².